The van der Waals surface area contributed by atoms with Crippen LogP contribution in [0.1, 0.15) is 25.3 Å². The third-order valence-electron chi connectivity index (χ3n) is 3.12. The fourth-order valence-corrected chi connectivity index (χ4v) is 1.91. The Morgan fingerprint density at radius 1 is 1.09 bits per heavy atom. The summed E-state index contributed by atoms with van der Waals surface area (Å²) in [5.74, 6) is 1.49. The number of ether oxygens (including phenoxy) is 2. The van der Waals surface area contributed by atoms with Crippen LogP contribution in [-0.4, -0.2) is 19.9 Å². The van der Waals surface area contributed by atoms with Gasteiger partial charge in [0.15, 0.2) is 11.5 Å². The summed E-state index contributed by atoms with van der Waals surface area (Å²) in [4.78, 5) is 0. The Balaban J connectivity index is 2.02. The monoisotopic (exact) mass is 298 g/mol. The molecule has 2 aromatic rings. The summed E-state index contributed by atoms with van der Waals surface area (Å²) in [5.41, 5.74) is 4.90. The molecule has 0 spiro atoms. The molecule has 0 bridgehead atoms. The Kier molecular flexibility index (Phi) is 6.30. The van der Waals surface area contributed by atoms with Crippen LogP contribution in [0.2, 0.25) is 0 Å². The molecule has 0 aliphatic rings. The molecule has 0 saturated heterocycles. The highest BCUT2D eigenvalue weighted by atomic mass is 16.5. The van der Waals surface area contributed by atoms with Crippen molar-refractivity contribution in [2.75, 3.05) is 19.1 Å². The second-order valence-electron chi connectivity index (χ2n) is 4.85. The van der Waals surface area contributed by atoms with Crippen molar-refractivity contribution in [3.8, 4) is 11.5 Å². The third-order valence-corrected chi connectivity index (χ3v) is 3.12. The minimum Gasteiger partial charge on any atom is -0.493 e. The topological polar surface area (TPSA) is 42.8 Å². The molecule has 22 heavy (non-hydrogen) atoms. The minimum atomic E-state index is 0.690. The maximum Gasteiger partial charge on any atom is 0.161 e. The highest BCUT2D eigenvalue weighted by molar-refractivity contribution is 5.81. The highest BCUT2D eigenvalue weighted by Crippen LogP contribution is 2.27. The van der Waals surface area contributed by atoms with E-state index in [1.165, 1.54) is 0 Å². The fraction of sp³-hybridized carbons (Fsp3) is 0.278. The largest absolute Gasteiger partial charge is 0.493 e. The van der Waals surface area contributed by atoms with Crippen LogP contribution in [0.5, 0.6) is 11.5 Å². The van der Waals surface area contributed by atoms with Crippen molar-refractivity contribution in [2.24, 2.45) is 5.10 Å². The van der Waals surface area contributed by atoms with Crippen LogP contribution >= 0.6 is 0 Å². The zero-order valence-corrected chi connectivity index (χ0v) is 13.1. The number of hydrogen-bond donors (Lipinski definition) is 1. The number of anilines is 1. The molecule has 4 heteroatoms. The van der Waals surface area contributed by atoms with Crippen molar-refractivity contribution in [1.29, 1.82) is 0 Å². The zero-order valence-electron chi connectivity index (χ0n) is 13.1. The van der Waals surface area contributed by atoms with E-state index in [0.29, 0.717) is 6.61 Å². The number of para-hydroxylation sites is 1. The molecular weight excluding hydrogens is 276 g/mol. The number of rotatable bonds is 8. The Hall–Kier alpha value is -2.49. The number of nitrogens with one attached hydrogen (secondary N) is 1. The van der Waals surface area contributed by atoms with E-state index in [1.54, 1.807) is 13.3 Å². The van der Waals surface area contributed by atoms with Gasteiger partial charge in [-0.1, -0.05) is 31.5 Å². The van der Waals surface area contributed by atoms with Crippen molar-refractivity contribution >= 4 is 11.9 Å². The normalized spacial score (nSPS) is 10.6. The summed E-state index contributed by atoms with van der Waals surface area (Å²) >= 11 is 0. The van der Waals surface area contributed by atoms with Gasteiger partial charge < -0.3 is 9.47 Å². The lowest BCUT2D eigenvalue weighted by Crippen LogP contribution is -2.00. The quantitative estimate of drug-likeness (QED) is 0.448. The van der Waals surface area contributed by atoms with Gasteiger partial charge in [0.05, 0.1) is 25.6 Å². The van der Waals surface area contributed by atoms with Crippen molar-refractivity contribution in [1.82, 2.24) is 0 Å². The fourth-order valence-electron chi connectivity index (χ4n) is 1.91. The predicted molar refractivity (Wildman–Crippen MR) is 91.1 cm³/mol. The predicted octanol–water partition coefficient (Wildman–Crippen LogP) is 4.32. The molecule has 2 rings (SSSR count). The number of hydrogen-bond acceptors (Lipinski definition) is 4. The highest BCUT2D eigenvalue weighted by Gasteiger charge is 2.04. The minimum absolute atomic E-state index is 0.690. The van der Waals surface area contributed by atoms with Gasteiger partial charge in [0.2, 0.25) is 0 Å². The molecule has 1 N–H and O–H groups in total. The Bertz CT molecular complexity index is 597. The summed E-state index contributed by atoms with van der Waals surface area (Å²) in [6.45, 7) is 2.83. The standard InChI is InChI=1S/C18H22N2O2/c1-3-4-12-22-18-13-15(10-11-17(18)21-2)14-19-20-16-8-6-5-7-9-16/h5-11,13-14,20H,3-4,12H2,1-2H3. The van der Waals surface area contributed by atoms with Gasteiger partial charge in [-0.25, -0.2) is 0 Å². The van der Waals surface area contributed by atoms with Gasteiger partial charge in [-0.2, -0.15) is 5.10 Å². The molecule has 0 fully saturated rings. The maximum atomic E-state index is 5.77. The first-order valence-corrected chi connectivity index (χ1v) is 7.48. The molecular formula is C18H22N2O2. The molecule has 0 atom stereocenters. The average molecular weight is 298 g/mol. The summed E-state index contributed by atoms with van der Waals surface area (Å²) < 4.78 is 11.1. The Morgan fingerprint density at radius 3 is 2.64 bits per heavy atom. The Morgan fingerprint density at radius 2 is 1.91 bits per heavy atom. The molecule has 4 nitrogen and oxygen atoms in total. The van der Waals surface area contributed by atoms with E-state index in [1.807, 2.05) is 48.5 Å². The number of methoxy groups -OCH3 is 1. The zero-order chi connectivity index (χ0) is 15.6. The first-order chi connectivity index (χ1) is 10.8. The maximum absolute atomic E-state index is 5.77. The molecule has 0 amide bonds. The van der Waals surface area contributed by atoms with Gasteiger partial charge >= 0.3 is 0 Å². The van der Waals surface area contributed by atoms with Crippen LogP contribution in [0, 0.1) is 0 Å². The lowest BCUT2D eigenvalue weighted by Gasteiger charge is -2.10. The molecule has 116 valence electrons. The van der Waals surface area contributed by atoms with Crippen molar-refractivity contribution < 1.29 is 9.47 Å². The van der Waals surface area contributed by atoms with E-state index in [-0.39, 0.29) is 0 Å². The first-order valence-electron chi connectivity index (χ1n) is 7.48. The Labute approximate surface area is 131 Å². The molecule has 0 saturated carbocycles. The van der Waals surface area contributed by atoms with E-state index in [9.17, 15) is 0 Å². The van der Waals surface area contributed by atoms with Crippen LogP contribution < -0.4 is 14.9 Å². The van der Waals surface area contributed by atoms with Gasteiger partial charge in [-0.3, -0.25) is 5.43 Å². The first kappa shape index (κ1) is 15.9. The van der Waals surface area contributed by atoms with Crippen molar-refractivity contribution in [3.63, 3.8) is 0 Å². The van der Waals surface area contributed by atoms with Gasteiger partial charge in [-0.05, 0) is 42.3 Å². The third kappa shape index (κ3) is 4.81. The van der Waals surface area contributed by atoms with Crippen LogP contribution in [0.15, 0.2) is 53.6 Å². The van der Waals surface area contributed by atoms with Crippen LogP contribution in [0.4, 0.5) is 5.69 Å². The van der Waals surface area contributed by atoms with E-state index in [4.69, 9.17) is 9.47 Å². The van der Waals surface area contributed by atoms with Gasteiger partial charge in [0.25, 0.3) is 0 Å². The molecule has 0 unspecified atom stereocenters. The number of benzene rings is 2. The molecule has 0 heterocycles. The average Bonchev–Trinajstić information content (AvgIpc) is 2.56. The van der Waals surface area contributed by atoms with Crippen molar-refractivity contribution in [3.05, 3.63) is 54.1 Å². The lowest BCUT2D eigenvalue weighted by atomic mass is 10.2. The molecule has 0 aliphatic heterocycles. The molecule has 0 aliphatic carbocycles. The lowest BCUT2D eigenvalue weighted by molar-refractivity contribution is 0.288. The summed E-state index contributed by atoms with van der Waals surface area (Å²) in [7, 11) is 1.65. The summed E-state index contributed by atoms with van der Waals surface area (Å²) in [6.07, 6.45) is 3.89. The SMILES string of the molecule is CCCCOc1cc(C=NNc2ccccc2)ccc1OC. The van der Waals surface area contributed by atoms with Crippen LogP contribution in [0.25, 0.3) is 0 Å². The van der Waals surface area contributed by atoms with Crippen molar-refractivity contribution in [2.45, 2.75) is 19.8 Å². The van der Waals surface area contributed by atoms with E-state index in [0.717, 1.165) is 35.6 Å². The molecule has 0 radical (unpaired) electrons. The van der Waals surface area contributed by atoms with E-state index >= 15 is 0 Å². The van der Waals surface area contributed by atoms with Crippen LogP contribution in [-0.2, 0) is 0 Å². The summed E-state index contributed by atoms with van der Waals surface area (Å²) in [6, 6.07) is 15.6. The summed E-state index contributed by atoms with van der Waals surface area (Å²) in [5, 5.41) is 4.23. The number of nitrogens with zero attached hydrogens (tertiary/aromatic N) is 1. The second kappa shape index (κ2) is 8.72. The van der Waals surface area contributed by atoms with E-state index in [2.05, 4.69) is 17.5 Å². The molecule has 0 aromatic heterocycles. The van der Waals surface area contributed by atoms with Gasteiger partial charge in [0, 0.05) is 0 Å². The number of hydrazone groups is 1. The molecule has 2 aromatic carbocycles. The van der Waals surface area contributed by atoms with Crippen LogP contribution in [0.3, 0.4) is 0 Å². The van der Waals surface area contributed by atoms with E-state index < -0.39 is 0 Å². The smallest absolute Gasteiger partial charge is 0.161 e. The number of unbranched alkanes of at least 4 members (excludes halogenated alkanes) is 1. The van der Waals surface area contributed by atoms with Gasteiger partial charge in [-0.15, -0.1) is 0 Å². The van der Waals surface area contributed by atoms with Gasteiger partial charge in [0.1, 0.15) is 0 Å². The second-order valence-corrected chi connectivity index (χ2v) is 4.85.